The molecule has 0 bridgehead atoms. The minimum Gasteiger partial charge on any atom is -0.367 e. The number of aromatic nitrogens is 1. The van der Waals surface area contributed by atoms with Gasteiger partial charge >= 0.3 is 0 Å². The van der Waals surface area contributed by atoms with Gasteiger partial charge in [-0.25, -0.2) is 8.78 Å². The van der Waals surface area contributed by atoms with Crippen LogP contribution < -0.4 is 5.32 Å². The third kappa shape index (κ3) is 2.54. The van der Waals surface area contributed by atoms with Crippen molar-refractivity contribution in [3.8, 4) is 0 Å². The standard InChI is InChI=1S/C8H10F2N2O/c1-5-2-11-3-6(5)8(13)12-4-7(9)10/h2-3,7,11H,4H2,1H3,(H,12,13). The first-order chi connectivity index (χ1) is 6.11. The highest BCUT2D eigenvalue weighted by molar-refractivity contribution is 5.95. The number of carbonyl (C=O) groups excluding carboxylic acids is 1. The number of carbonyl (C=O) groups is 1. The van der Waals surface area contributed by atoms with Crippen LogP contribution in [0.1, 0.15) is 15.9 Å². The largest absolute Gasteiger partial charge is 0.367 e. The van der Waals surface area contributed by atoms with Gasteiger partial charge in [0, 0.05) is 12.4 Å². The van der Waals surface area contributed by atoms with E-state index in [0.717, 1.165) is 5.56 Å². The fourth-order valence-electron chi connectivity index (χ4n) is 0.951. The van der Waals surface area contributed by atoms with E-state index in [0.29, 0.717) is 5.56 Å². The maximum Gasteiger partial charge on any atom is 0.255 e. The number of aromatic amines is 1. The summed E-state index contributed by atoms with van der Waals surface area (Å²) in [5.74, 6) is -0.473. The molecule has 0 aliphatic rings. The zero-order valence-electron chi connectivity index (χ0n) is 7.10. The van der Waals surface area contributed by atoms with E-state index in [4.69, 9.17) is 0 Å². The second-order valence-electron chi connectivity index (χ2n) is 2.65. The number of hydrogen-bond donors (Lipinski definition) is 2. The van der Waals surface area contributed by atoms with Gasteiger partial charge in [0.1, 0.15) is 0 Å². The third-order valence-electron chi connectivity index (χ3n) is 1.61. The molecule has 1 aromatic rings. The number of aryl methyl sites for hydroxylation is 1. The molecular weight excluding hydrogens is 178 g/mol. The molecule has 0 atom stereocenters. The summed E-state index contributed by atoms with van der Waals surface area (Å²) in [6.07, 6.45) is 0.608. The lowest BCUT2D eigenvalue weighted by Gasteiger charge is -2.02. The molecule has 0 saturated heterocycles. The van der Waals surface area contributed by atoms with Crippen molar-refractivity contribution in [3.63, 3.8) is 0 Å². The van der Waals surface area contributed by atoms with E-state index in [2.05, 4.69) is 10.3 Å². The normalized spacial score (nSPS) is 10.5. The van der Waals surface area contributed by atoms with Gasteiger partial charge in [0.2, 0.25) is 0 Å². The average Bonchev–Trinajstić information content (AvgIpc) is 2.47. The van der Waals surface area contributed by atoms with Gasteiger partial charge in [0.25, 0.3) is 12.3 Å². The second-order valence-corrected chi connectivity index (χ2v) is 2.65. The van der Waals surface area contributed by atoms with Crippen LogP contribution in [0.3, 0.4) is 0 Å². The lowest BCUT2D eigenvalue weighted by Crippen LogP contribution is -2.28. The molecule has 5 heteroatoms. The Labute approximate surface area is 74.1 Å². The molecule has 1 rings (SSSR count). The molecule has 0 unspecified atom stereocenters. The van der Waals surface area contributed by atoms with Gasteiger partial charge in [-0.1, -0.05) is 0 Å². The van der Waals surface area contributed by atoms with E-state index in [1.165, 1.54) is 6.20 Å². The summed E-state index contributed by atoms with van der Waals surface area (Å²) in [6, 6.07) is 0. The number of alkyl halides is 2. The number of amides is 1. The van der Waals surface area contributed by atoms with Gasteiger partial charge in [-0.2, -0.15) is 0 Å². The van der Waals surface area contributed by atoms with Crippen molar-refractivity contribution >= 4 is 5.91 Å². The first-order valence-electron chi connectivity index (χ1n) is 3.81. The number of nitrogens with one attached hydrogen (secondary N) is 2. The molecule has 0 fully saturated rings. The lowest BCUT2D eigenvalue weighted by atomic mass is 10.2. The predicted octanol–water partition coefficient (Wildman–Crippen LogP) is 1.32. The van der Waals surface area contributed by atoms with Crippen molar-refractivity contribution in [1.82, 2.24) is 10.3 Å². The maximum atomic E-state index is 11.7. The van der Waals surface area contributed by atoms with Crippen molar-refractivity contribution in [3.05, 3.63) is 23.5 Å². The Morgan fingerprint density at radius 1 is 1.62 bits per heavy atom. The highest BCUT2D eigenvalue weighted by Gasteiger charge is 2.11. The van der Waals surface area contributed by atoms with Crippen molar-refractivity contribution in [2.75, 3.05) is 6.54 Å². The molecule has 13 heavy (non-hydrogen) atoms. The monoisotopic (exact) mass is 188 g/mol. The van der Waals surface area contributed by atoms with Crippen LogP contribution in [0.5, 0.6) is 0 Å². The Bertz CT molecular complexity index is 296. The quantitative estimate of drug-likeness (QED) is 0.738. The molecule has 0 aromatic carbocycles. The van der Waals surface area contributed by atoms with Gasteiger partial charge in [-0.15, -0.1) is 0 Å². The summed E-state index contributed by atoms with van der Waals surface area (Å²) in [5.41, 5.74) is 1.15. The van der Waals surface area contributed by atoms with Crippen LogP contribution in [-0.2, 0) is 0 Å². The Hall–Kier alpha value is -1.39. The minimum atomic E-state index is -2.51. The molecule has 0 aliphatic carbocycles. The Morgan fingerprint density at radius 3 is 2.77 bits per heavy atom. The lowest BCUT2D eigenvalue weighted by molar-refractivity contribution is 0.0891. The number of halogens is 2. The summed E-state index contributed by atoms with van der Waals surface area (Å²) in [6.45, 7) is 1.12. The fourth-order valence-corrected chi connectivity index (χ4v) is 0.951. The van der Waals surface area contributed by atoms with Gasteiger partial charge in [-0.05, 0) is 12.5 Å². The summed E-state index contributed by atoms with van der Waals surface area (Å²) in [5, 5.41) is 2.12. The van der Waals surface area contributed by atoms with Gasteiger partial charge in [0.05, 0.1) is 12.1 Å². The van der Waals surface area contributed by atoms with Crippen LogP contribution in [0, 0.1) is 6.92 Å². The summed E-state index contributed by atoms with van der Waals surface area (Å²) in [4.78, 5) is 13.9. The van der Waals surface area contributed by atoms with Crippen LogP contribution >= 0.6 is 0 Å². The molecule has 2 N–H and O–H groups in total. The summed E-state index contributed by atoms with van der Waals surface area (Å²) in [7, 11) is 0. The SMILES string of the molecule is Cc1c[nH]cc1C(=O)NCC(F)F. The third-order valence-corrected chi connectivity index (χ3v) is 1.61. The molecule has 1 aromatic heterocycles. The molecule has 72 valence electrons. The second kappa shape index (κ2) is 4.02. The van der Waals surface area contributed by atoms with Crippen LogP contribution in [0.25, 0.3) is 0 Å². The maximum absolute atomic E-state index is 11.7. The van der Waals surface area contributed by atoms with Crippen LogP contribution in [0.15, 0.2) is 12.4 Å². The predicted molar refractivity (Wildman–Crippen MR) is 43.9 cm³/mol. The molecule has 1 heterocycles. The molecule has 0 aliphatic heterocycles. The smallest absolute Gasteiger partial charge is 0.255 e. The number of hydrogen-bond acceptors (Lipinski definition) is 1. The van der Waals surface area contributed by atoms with E-state index in [9.17, 15) is 13.6 Å². The van der Waals surface area contributed by atoms with E-state index in [1.807, 2.05) is 0 Å². The zero-order valence-corrected chi connectivity index (χ0v) is 7.10. The average molecular weight is 188 g/mol. The number of H-pyrrole nitrogens is 1. The highest BCUT2D eigenvalue weighted by atomic mass is 19.3. The molecule has 0 radical (unpaired) electrons. The molecule has 0 spiro atoms. The van der Waals surface area contributed by atoms with Crippen molar-refractivity contribution < 1.29 is 13.6 Å². The molecular formula is C8H10F2N2O. The van der Waals surface area contributed by atoms with Gasteiger partial charge in [0.15, 0.2) is 0 Å². The van der Waals surface area contributed by atoms with Crippen molar-refractivity contribution in [2.24, 2.45) is 0 Å². The van der Waals surface area contributed by atoms with Crippen LogP contribution in [-0.4, -0.2) is 23.9 Å². The minimum absolute atomic E-state index is 0.403. The van der Waals surface area contributed by atoms with Crippen LogP contribution in [0.4, 0.5) is 8.78 Å². The molecule has 0 saturated carbocycles. The van der Waals surface area contributed by atoms with Crippen LogP contribution in [0.2, 0.25) is 0 Å². The Morgan fingerprint density at radius 2 is 2.31 bits per heavy atom. The Balaban J connectivity index is 2.54. The first kappa shape index (κ1) is 9.70. The summed E-state index contributed by atoms with van der Waals surface area (Å²) >= 11 is 0. The Kier molecular flexibility index (Phi) is 3.00. The molecule has 3 nitrogen and oxygen atoms in total. The van der Waals surface area contributed by atoms with E-state index < -0.39 is 18.9 Å². The first-order valence-corrected chi connectivity index (χ1v) is 3.81. The van der Waals surface area contributed by atoms with Crippen molar-refractivity contribution in [2.45, 2.75) is 13.3 Å². The van der Waals surface area contributed by atoms with E-state index in [-0.39, 0.29) is 0 Å². The molecule has 1 amide bonds. The topological polar surface area (TPSA) is 44.9 Å². The zero-order chi connectivity index (χ0) is 9.84. The van der Waals surface area contributed by atoms with E-state index in [1.54, 1.807) is 13.1 Å². The van der Waals surface area contributed by atoms with E-state index >= 15 is 0 Å². The number of rotatable bonds is 3. The highest BCUT2D eigenvalue weighted by Crippen LogP contribution is 2.05. The fraction of sp³-hybridized carbons (Fsp3) is 0.375. The summed E-state index contributed by atoms with van der Waals surface area (Å²) < 4.78 is 23.4. The van der Waals surface area contributed by atoms with Gasteiger partial charge in [-0.3, -0.25) is 4.79 Å². The van der Waals surface area contributed by atoms with Crippen molar-refractivity contribution in [1.29, 1.82) is 0 Å². The van der Waals surface area contributed by atoms with Gasteiger partial charge < -0.3 is 10.3 Å².